The second-order valence-corrected chi connectivity index (χ2v) is 5.80. The van der Waals surface area contributed by atoms with Crippen LogP contribution in [-0.2, 0) is 0 Å². The van der Waals surface area contributed by atoms with Gasteiger partial charge in [-0.2, -0.15) is 0 Å². The Balaban J connectivity index is 1.66. The van der Waals surface area contributed by atoms with Crippen LogP contribution in [0.1, 0.15) is 64.7 Å². The Morgan fingerprint density at radius 1 is 1.25 bits per heavy atom. The van der Waals surface area contributed by atoms with Crippen LogP contribution in [-0.4, -0.2) is 0 Å². The highest BCUT2D eigenvalue weighted by atomic mass is 14.5. The maximum Gasteiger partial charge on any atom is 0.00940 e. The van der Waals surface area contributed by atoms with Gasteiger partial charge in [-0.3, -0.25) is 0 Å². The monoisotopic (exact) mass is 218 g/mol. The van der Waals surface area contributed by atoms with E-state index >= 15 is 0 Å². The fourth-order valence-electron chi connectivity index (χ4n) is 3.43. The van der Waals surface area contributed by atoms with Gasteiger partial charge < -0.3 is 0 Å². The number of hydrogen-bond acceptors (Lipinski definition) is 0. The van der Waals surface area contributed by atoms with Gasteiger partial charge in [-0.25, -0.2) is 0 Å². The summed E-state index contributed by atoms with van der Waals surface area (Å²) in [7, 11) is 0. The van der Waals surface area contributed by atoms with Gasteiger partial charge in [-0.05, 0) is 25.2 Å². The molecule has 0 spiro atoms. The van der Waals surface area contributed by atoms with Crippen molar-refractivity contribution in [2.24, 2.45) is 11.3 Å². The maximum atomic E-state index is 4.29. The average molecular weight is 218 g/mol. The van der Waals surface area contributed by atoms with E-state index in [2.05, 4.69) is 25.7 Å². The van der Waals surface area contributed by atoms with Crippen LogP contribution < -0.4 is 0 Å². The lowest BCUT2D eigenvalue weighted by Crippen LogP contribution is -2.13. The molecule has 2 unspecified atom stereocenters. The third kappa shape index (κ3) is 2.42. The molecule has 1 saturated carbocycles. The molecule has 0 heteroatoms. The normalized spacial score (nSPS) is 31.6. The zero-order chi connectivity index (χ0) is 11.4. The van der Waals surface area contributed by atoms with E-state index in [0.29, 0.717) is 5.41 Å². The molecule has 2 rings (SSSR count). The summed E-state index contributed by atoms with van der Waals surface area (Å²) in [5.74, 6) is 0.840. The molecule has 0 N–H and O–H groups in total. The molecule has 0 heterocycles. The molecule has 0 aliphatic heterocycles. The van der Waals surface area contributed by atoms with Crippen molar-refractivity contribution >= 4 is 0 Å². The molecule has 2 bridgehead atoms. The molecule has 0 aromatic heterocycles. The van der Waals surface area contributed by atoms with Crippen LogP contribution in [0.5, 0.6) is 0 Å². The first-order valence-corrected chi connectivity index (χ1v) is 7.14. The third-order valence-corrected chi connectivity index (χ3v) is 4.50. The van der Waals surface area contributed by atoms with Crippen LogP contribution in [0.15, 0.2) is 24.3 Å². The molecule has 2 aliphatic carbocycles. The Kier molecular flexibility index (Phi) is 3.89. The minimum Gasteiger partial charge on any atom is -0.0990 e. The lowest BCUT2D eigenvalue weighted by molar-refractivity contribution is 0.410. The Bertz CT molecular complexity index is 274. The molecule has 0 radical (unpaired) electrons. The first kappa shape index (κ1) is 12.0. The summed E-state index contributed by atoms with van der Waals surface area (Å²) in [5, 5.41) is 0. The number of fused-ring (bicyclic) bond motifs is 2. The Labute approximate surface area is 101 Å². The summed E-state index contributed by atoms with van der Waals surface area (Å²) in [6.45, 7) is 6.57. The minimum absolute atomic E-state index is 0.440. The number of rotatable bonds is 7. The Morgan fingerprint density at radius 3 is 2.62 bits per heavy atom. The summed E-state index contributed by atoms with van der Waals surface area (Å²) >= 11 is 0. The van der Waals surface area contributed by atoms with E-state index in [1.807, 2.05) is 0 Å². The molecule has 0 aromatic carbocycles. The first-order chi connectivity index (χ1) is 7.77. The highest BCUT2D eigenvalue weighted by molar-refractivity contribution is 5.32. The molecule has 1 fully saturated rings. The molecule has 0 saturated heterocycles. The number of allylic oxidation sites excluding steroid dienone is 3. The molecule has 0 aromatic rings. The van der Waals surface area contributed by atoms with Crippen molar-refractivity contribution < 1.29 is 0 Å². The summed E-state index contributed by atoms with van der Waals surface area (Å²) < 4.78 is 0. The van der Waals surface area contributed by atoms with Gasteiger partial charge in [0, 0.05) is 5.41 Å². The highest BCUT2D eigenvalue weighted by Crippen LogP contribution is 2.54. The van der Waals surface area contributed by atoms with E-state index in [-0.39, 0.29) is 0 Å². The minimum atomic E-state index is 0.440. The summed E-state index contributed by atoms with van der Waals surface area (Å²) in [6.07, 6.45) is 17.4. The molecular formula is C16H26. The van der Waals surface area contributed by atoms with Gasteiger partial charge in [0.05, 0.1) is 0 Å². The SMILES string of the molecule is C=C1CC2C=CC1(CCCCCCCC)C2. The quantitative estimate of drug-likeness (QED) is 0.404. The summed E-state index contributed by atoms with van der Waals surface area (Å²) in [4.78, 5) is 0. The van der Waals surface area contributed by atoms with Crippen molar-refractivity contribution in [1.29, 1.82) is 0 Å². The van der Waals surface area contributed by atoms with E-state index in [9.17, 15) is 0 Å². The van der Waals surface area contributed by atoms with Crippen LogP contribution in [0.2, 0.25) is 0 Å². The zero-order valence-corrected chi connectivity index (χ0v) is 10.8. The van der Waals surface area contributed by atoms with Gasteiger partial charge in [0.25, 0.3) is 0 Å². The van der Waals surface area contributed by atoms with Crippen LogP contribution in [0, 0.1) is 11.3 Å². The molecule has 0 nitrogen and oxygen atoms in total. The summed E-state index contributed by atoms with van der Waals surface area (Å²) in [6, 6.07) is 0. The van der Waals surface area contributed by atoms with Crippen molar-refractivity contribution in [3.8, 4) is 0 Å². The van der Waals surface area contributed by atoms with E-state index in [0.717, 1.165) is 5.92 Å². The van der Waals surface area contributed by atoms with Gasteiger partial charge in [0.15, 0.2) is 0 Å². The van der Waals surface area contributed by atoms with E-state index < -0.39 is 0 Å². The molecule has 90 valence electrons. The van der Waals surface area contributed by atoms with Crippen LogP contribution in [0.4, 0.5) is 0 Å². The number of unbranched alkanes of at least 4 members (excludes halogenated alkanes) is 5. The first-order valence-electron chi connectivity index (χ1n) is 7.14. The van der Waals surface area contributed by atoms with Gasteiger partial charge in [-0.15, -0.1) is 0 Å². The third-order valence-electron chi connectivity index (χ3n) is 4.50. The van der Waals surface area contributed by atoms with Crippen molar-refractivity contribution in [3.63, 3.8) is 0 Å². The Hall–Kier alpha value is -0.520. The van der Waals surface area contributed by atoms with Crippen molar-refractivity contribution in [1.82, 2.24) is 0 Å². The van der Waals surface area contributed by atoms with E-state index in [1.165, 1.54) is 63.4 Å². The van der Waals surface area contributed by atoms with Gasteiger partial charge in [-0.1, -0.05) is 69.8 Å². The standard InChI is InChI=1S/C16H26/c1-3-4-5-6-7-8-10-16-11-9-15(13-16)12-14(16)2/h9,11,15H,2-8,10,12-13H2,1H3. The molecular weight excluding hydrogens is 192 g/mol. The molecule has 2 aliphatic rings. The zero-order valence-electron chi connectivity index (χ0n) is 10.8. The van der Waals surface area contributed by atoms with E-state index in [1.54, 1.807) is 0 Å². The predicted molar refractivity (Wildman–Crippen MR) is 71.4 cm³/mol. The topological polar surface area (TPSA) is 0 Å². The van der Waals surface area contributed by atoms with Crippen LogP contribution >= 0.6 is 0 Å². The van der Waals surface area contributed by atoms with Crippen molar-refractivity contribution in [2.75, 3.05) is 0 Å². The van der Waals surface area contributed by atoms with Gasteiger partial charge >= 0.3 is 0 Å². The van der Waals surface area contributed by atoms with Gasteiger partial charge in [0.2, 0.25) is 0 Å². The largest absolute Gasteiger partial charge is 0.0990 e. The van der Waals surface area contributed by atoms with Crippen LogP contribution in [0.25, 0.3) is 0 Å². The molecule has 0 amide bonds. The lowest BCUT2D eigenvalue weighted by atomic mass is 9.79. The molecule has 16 heavy (non-hydrogen) atoms. The second-order valence-electron chi connectivity index (χ2n) is 5.80. The Morgan fingerprint density at radius 2 is 2.00 bits per heavy atom. The smallest absolute Gasteiger partial charge is 0.00940 e. The maximum absolute atomic E-state index is 4.29. The average Bonchev–Trinajstić information content (AvgIpc) is 2.80. The van der Waals surface area contributed by atoms with Gasteiger partial charge in [0.1, 0.15) is 0 Å². The fraction of sp³-hybridized carbons (Fsp3) is 0.750. The van der Waals surface area contributed by atoms with E-state index in [4.69, 9.17) is 0 Å². The summed E-state index contributed by atoms with van der Waals surface area (Å²) in [5.41, 5.74) is 1.96. The predicted octanol–water partition coefficient (Wildman–Crippen LogP) is 5.26. The highest BCUT2D eigenvalue weighted by Gasteiger charge is 2.42. The van der Waals surface area contributed by atoms with Crippen molar-refractivity contribution in [2.45, 2.75) is 64.7 Å². The molecule has 2 atom stereocenters. The lowest BCUT2D eigenvalue weighted by Gasteiger charge is -2.25. The van der Waals surface area contributed by atoms with Crippen molar-refractivity contribution in [3.05, 3.63) is 24.3 Å². The number of hydrogen-bond donors (Lipinski definition) is 0. The second kappa shape index (κ2) is 5.21. The van der Waals surface area contributed by atoms with Crippen LogP contribution in [0.3, 0.4) is 0 Å². The fourth-order valence-corrected chi connectivity index (χ4v) is 3.43.